The van der Waals surface area contributed by atoms with Crippen LogP contribution in [0.3, 0.4) is 0 Å². The van der Waals surface area contributed by atoms with Gasteiger partial charge in [0.15, 0.2) is 0 Å². The minimum absolute atomic E-state index is 0.143. The van der Waals surface area contributed by atoms with Crippen LogP contribution in [0.4, 0.5) is 4.39 Å². The number of aryl methyl sites for hydroxylation is 2. The molecule has 0 atom stereocenters. The van der Waals surface area contributed by atoms with Crippen molar-refractivity contribution in [2.24, 2.45) is 0 Å². The molecule has 0 aliphatic rings. The second-order valence-electron chi connectivity index (χ2n) is 4.41. The summed E-state index contributed by atoms with van der Waals surface area (Å²) in [7, 11) is -3.65. The van der Waals surface area contributed by atoms with Gasteiger partial charge in [-0.2, -0.15) is 0 Å². The predicted octanol–water partition coefficient (Wildman–Crippen LogP) is 2.25. The van der Waals surface area contributed by atoms with E-state index in [9.17, 15) is 12.8 Å². The normalized spacial score (nSPS) is 11.7. The first-order valence-corrected chi connectivity index (χ1v) is 7.26. The Labute approximate surface area is 111 Å². The molecule has 0 saturated heterocycles. The standard InChI is InChI=1S/C13H15FN2O2S/c1-9-5-12(14)6-10(2)13(9)19(17,18)16-8-11-3-4-15-7-11/h3-7,15-16H,8H2,1-2H3. The molecule has 1 aromatic carbocycles. The lowest BCUT2D eigenvalue weighted by Crippen LogP contribution is -2.24. The Morgan fingerprint density at radius 2 is 1.89 bits per heavy atom. The van der Waals surface area contributed by atoms with E-state index in [1.54, 1.807) is 32.3 Å². The highest BCUT2D eigenvalue weighted by Gasteiger charge is 2.20. The Morgan fingerprint density at radius 1 is 1.26 bits per heavy atom. The molecule has 0 amide bonds. The second-order valence-corrected chi connectivity index (χ2v) is 6.12. The molecule has 102 valence electrons. The van der Waals surface area contributed by atoms with Crippen LogP contribution in [0.2, 0.25) is 0 Å². The lowest BCUT2D eigenvalue weighted by Gasteiger charge is -2.11. The van der Waals surface area contributed by atoms with Crippen LogP contribution in [0.1, 0.15) is 16.7 Å². The van der Waals surface area contributed by atoms with Crippen LogP contribution in [0, 0.1) is 19.7 Å². The van der Waals surface area contributed by atoms with Crippen LogP contribution in [0.25, 0.3) is 0 Å². The van der Waals surface area contributed by atoms with Crippen molar-refractivity contribution in [2.75, 3.05) is 0 Å². The van der Waals surface area contributed by atoms with E-state index in [-0.39, 0.29) is 11.4 Å². The Hall–Kier alpha value is -1.66. The van der Waals surface area contributed by atoms with Gasteiger partial charge in [0, 0.05) is 18.9 Å². The second kappa shape index (κ2) is 5.14. The zero-order valence-corrected chi connectivity index (χ0v) is 11.5. The number of rotatable bonds is 4. The number of hydrogen-bond donors (Lipinski definition) is 2. The highest BCUT2D eigenvalue weighted by atomic mass is 32.2. The van der Waals surface area contributed by atoms with Gasteiger partial charge in [-0.1, -0.05) is 0 Å². The van der Waals surface area contributed by atoms with Gasteiger partial charge in [0.05, 0.1) is 4.90 Å². The monoisotopic (exact) mass is 282 g/mol. The van der Waals surface area contributed by atoms with Crippen molar-refractivity contribution >= 4 is 10.0 Å². The molecule has 0 radical (unpaired) electrons. The van der Waals surface area contributed by atoms with Crippen molar-refractivity contribution in [3.05, 3.63) is 53.1 Å². The summed E-state index contributed by atoms with van der Waals surface area (Å²) in [5.74, 6) is -0.431. The zero-order valence-electron chi connectivity index (χ0n) is 10.7. The highest BCUT2D eigenvalue weighted by molar-refractivity contribution is 7.89. The Bertz CT molecular complexity index is 656. The third kappa shape index (κ3) is 3.02. The van der Waals surface area contributed by atoms with Crippen LogP contribution in [-0.2, 0) is 16.6 Å². The van der Waals surface area contributed by atoms with Gasteiger partial charge in [0.1, 0.15) is 5.82 Å². The van der Waals surface area contributed by atoms with Crippen molar-refractivity contribution in [2.45, 2.75) is 25.3 Å². The number of aromatic amines is 1. The maximum atomic E-state index is 13.2. The summed E-state index contributed by atoms with van der Waals surface area (Å²) < 4.78 is 40.2. The van der Waals surface area contributed by atoms with E-state index >= 15 is 0 Å². The van der Waals surface area contributed by atoms with Crippen LogP contribution in [-0.4, -0.2) is 13.4 Å². The molecular formula is C13H15FN2O2S. The van der Waals surface area contributed by atoms with Crippen molar-refractivity contribution in [3.63, 3.8) is 0 Å². The molecule has 2 aromatic rings. The van der Waals surface area contributed by atoms with Gasteiger partial charge in [-0.15, -0.1) is 0 Å². The van der Waals surface area contributed by atoms with Crippen molar-refractivity contribution < 1.29 is 12.8 Å². The SMILES string of the molecule is Cc1cc(F)cc(C)c1S(=O)(=O)NCc1cc[nH]c1. The van der Waals surface area contributed by atoms with Crippen LogP contribution >= 0.6 is 0 Å². The maximum Gasteiger partial charge on any atom is 0.241 e. The molecule has 0 spiro atoms. The van der Waals surface area contributed by atoms with E-state index in [1.165, 1.54) is 12.1 Å². The van der Waals surface area contributed by atoms with E-state index in [2.05, 4.69) is 9.71 Å². The molecule has 0 saturated carbocycles. The van der Waals surface area contributed by atoms with E-state index in [4.69, 9.17) is 0 Å². The fraction of sp³-hybridized carbons (Fsp3) is 0.231. The number of aromatic nitrogens is 1. The first kappa shape index (κ1) is 13.8. The largest absolute Gasteiger partial charge is 0.367 e. The average Bonchev–Trinajstić information content (AvgIpc) is 2.77. The number of hydrogen-bond acceptors (Lipinski definition) is 2. The molecule has 0 aliphatic heterocycles. The van der Waals surface area contributed by atoms with Crippen molar-refractivity contribution in [3.8, 4) is 0 Å². The Morgan fingerprint density at radius 3 is 2.42 bits per heavy atom. The summed E-state index contributed by atoms with van der Waals surface area (Å²) in [6.45, 7) is 3.37. The van der Waals surface area contributed by atoms with Gasteiger partial charge in [0.2, 0.25) is 10.0 Å². The highest BCUT2D eigenvalue weighted by Crippen LogP contribution is 2.21. The number of H-pyrrole nitrogens is 1. The topological polar surface area (TPSA) is 62.0 Å². The van der Waals surface area contributed by atoms with Gasteiger partial charge in [0.25, 0.3) is 0 Å². The molecular weight excluding hydrogens is 267 g/mol. The van der Waals surface area contributed by atoms with Gasteiger partial charge in [-0.05, 0) is 48.7 Å². The average molecular weight is 282 g/mol. The van der Waals surface area contributed by atoms with Crippen LogP contribution in [0.15, 0.2) is 35.5 Å². The molecule has 4 nitrogen and oxygen atoms in total. The van der Waals surface area contributed by atoms with E-state index < -0.39 is 15.8 Å². The van der Waals surface area contributed by atoms with Gasteiger partial charge in [-0.3, -0.25) is 0 Å². The molecule has 0 unspecified atom stereocenters. The molecule has 0 fully saturated rings. The van der Waals surface area contributed by atoms with E-state index in [1.807, 2.05) is 0 Å². The van der Waals surface area contributed by atoms with Crippen molar-refractivity contribution in [1.29, 1.82) is 0 Å². The van der Waals surface area contributed by atoms with Crippen LogP contribution in [0.5, 0.6) is 0 Å². The smallest absolute Gasteiger partial charge is 0.241 e. The van der Waals surface area contributed by atoms with E-state index in [0.717, 1.165) is 5.56 Å². The molecule has 19 heavy (non-hydrogen) atoms. The number of nitrogens with one attached hydrogen (secondary N) is 2. The Balaban J connectivity index is 2.29. The number of sulfonamides is 1. The molecule has 0 bridgehead atoms. The van der Waals surface area contributed by atoms with Crippen molar-refractivity contribution in [1.82, 2.24) is 9.71 Å². The van der Waals surface area contributed by atoms with Crippen LogP contribution < -0.4 is 4.72 Å². The summed E-state index contributed by atoms with van der Waals surface area (Å²) in [5.41, 5.74) is 1.64. The summed E-state index contributed by atoms with van der Waals surface area (Å²) in [6, 6.07) is 4.22. The zero-order chi connectivity index (χ0) is 14.0. The Kier molecular flexibility index (Phi) is 3.73. The molecule has 2 rings (SSSR count). The minimum Gasteiger partial charge on any atom is -0.367 e. The lowest BCUT2D eigenvalue weighted by atomic mass is 10.1. The molecule has 1 heterocycles. The lowest BCUT2D eigenvalue weighted by molar-refractivity contribution is 0.578. The van der Waals surface area contributed by atoms with Gasteiger partial charge >= 0.3 is 0 Å². The summed E-state index contributed by atoms with van der Waals surface area (Å²) in [6.07, 6.45) is 3.44. The predicted molar refractivity (Wildman–Crippen MR) is 70.7 cm³/mol. The van der Waals surface area contributed by atoms with Gasteiger partial charge in [-0.25, -0.2) is 17.5 Å². The number of benzene rings is 1. The van der Waals surface area contributed by atoms with E-state index in [0.29, 0.717) is 11.1 Å². The molecule has 0 aliphatic carbocycles. The summed E-state index contributed by atoms with van der Waals surface area (Å²) in [4.78, 5) is 2.99. The minimum atomic E-state index is -3.65. The summed E-state index contributed by atoms with van der Waals surface area (Å²) in [5, 5.41) is 0. The fourth-order valence-corrected chi connectivity index (χ4v) is 3.51. The third-order valence-corrected chi connectivity index (χ3v) is 4.53. The summed E-state index contributed by atoms with van der Waals surface area (Å²) >= 11 is 0. The van der Waals surface area contributed by atoms with Gasteiger partial charge < -0.3 is 4.98 Å². The molecule has 6 heteroatoms. The molecule has 2 N–H and O–H groups in total. The third-order valence-electron chi connectivity index (χ3n) is 2.82. The maximum absolute atomic E-state index is 13.2. The first-order valence-electron chi connectivity index (χ1n) is 5.78. The first-order chi connectivity index (χ1) is 8.90. The quantitative estimate of drug-likeness (QED) is 0.903. The molecule has 1 aromatic heterocycles. The number of halogens is 1. The fourth-order valence-electron chi connectivity index (χ4n) is 2.04.